The topological polar surface area (TPSA) is 111 Å². The lowest BCUT2D eigenvalue weighted by molar-refractivity contribution is -0.383. The van der Waals surface area contributed by atoms with Crippen molar-refractivity contribution in [2.24, 2.45) is 10.9 Å². The van der Waals surface area contributed by atoms with Gasteiger partial charge in [0.05, 0.1) is 16.9 Å². The van der Waals surface area contributed by atoms with Crippen molar-refractivity contribution in [3.63, 3.8) is 0 Å². The quantitative estimate of drug-likeness (QED) is 0.286. The summed E-state index contributed by atoms with van der Waals surface area (Å²) in [6.45, 7) is 0.220. The molecular formula is C13H13N3O4. The molecule has 2 aromatic carbocycles. The van der Waals surface area contributed by atoms with Crippen LogP contribution in [0, 0.1) is 10.1 Å². The summed E-state index contributed by atoms with van der Waals surface area (Å²) in [6, 6.07) is 9.89. The van der Waals surface area contributed by atoms with Gasteiger partial charge >= 0.3 is 0 Å². The first kappa shape index (κ1) is 13.6. The second kappa shape index (κ2) is 5.87. The van der Waals surface area contributed by atoms with Gasteiger partial charge in [0.15, 0.2) is 0 Å². The second-order valence-corrected chi connectivity index (χ2v) is 4.08. The molecule has 0 atom stereocenters. The van der Waals surface area contributed by atoms with Crippen LogP contribution in [-0.4, -0.2) is 22.6 Å². The number of hydrogen-bond acceptors (Lipinski definition) is 5. The molecule has 0 unspecified atom stereocenters. The molecule has 20 heavy (non-hydrogen) atoms. The molecule has 0 aliphatic rings. The molecule has 0 radical (unpaired) electrons. The monoisotopic (exact) mass is 275 g/mol. The van der Waals surface area contributed by atoms with Crippen molar-refractivity contribution in [2.75, 3.05) is 6.61 Å². The van der Waals surface area contributed by atoms with Gasteiger partial charge in [-0.25, -0.2) is 0 Å². The minimum absolute atomic E-state index is 0.0318. The predicted octanol–water partition coefficient (Wildman–Crippen LogP) is 2.26. The Bertz CT molecular complexity index is 670. The molecule has 0 aliphatic carbocycles. The van der Waals surface area contributed by atoms with Crippen molar-refractivity contribution in [3.8, 4) is 5.75 Å². The highest BCUT2D eigenvalue weighted by Crippen LogP contribution is 2.32. The van der Waals surface area contributed by atoms with Crippen molar-refractivity contribution in [2.45, 2.75) is 6.42 Å². The van der Waals surface area contributed by atoms with E-state index in [0.717, 1.165) is 0 Å². The fraction of sp³-hybridized carbons (Fsp3) is 0.154. The minimum Gasteiger partial charge on any atom is -0.492 e. The molecular weight excluding hydrogens is 262 g/mol. The number of ether oxygens (including phenoxy) is 1. The maximum atomic E-state index is 11.0. The van der Waals surface area contributed by atoms with Crippen LogP contribution in [0.3, 0.4) is 0 Å². The molecule has 0 saturated carbocycles. The lowest BCUT2D eigenvalue weighted by atomic mass is 10.1. The number of rotatable bonds is 5. The Morgan fingerprint density at radius 3 is 2.65 bits per heavy atom. The number of nitro benzene ring substituents is 1. The fourth-order valence-corrected chi connectivity index (χ4v) is 1.86. The van der Waals surface area contributed by atoms with Gasteiger partial charge in [0, 0.05) is 17.9 Å². The standard InChI is InChI=1S/C13H13N3O4/c14-13(15-17)7-8-20-12-6-5-11(16(18)19)9-3-1-2-4-10(9)12/h1-6,17H,7-8H2,(H2,14,15). The summed E-state index contributed by atoms with van der Waals surface area (Å²) in [6.07, 6.45) is 0.266. The van der Waals surface area contributed by atoms with Crippen molar-refractivity contribution in [1.82, 2.24) is 0 Å². The molecule has 3 N–H and O–H groups in total. The number of amidine groups is 1. The van der Waals surface area contributed by atoms with Crippen molar-refractivity contribution in [3.05, 3.63) is 46.5 Å². The van der Waals surface area contributed by atoms with Crippen LogP contribution in [0.25, 0.3) is 10.8 Å². The van der Waals surface area contributed by atoms with E-state index >= 15 is 0 Å². The second-order valence-electron chi connectivity index (χ2n) is 4.08. The number of non-ortho nitro benzene ring substituents is 1. The zero-order valence-corrected chi connectivity index (χ0v) is 10.5. The summed E-state index contributed by atoms with van der Waals surface area (Å²) in [4.78, 5) is 10.5. The van der Waals surface area contributed by atoms with E-state index in [9.17, 15) is 10.1 Å². The highest BCUT2D eigenvalue weighted by Gasteiger charge is 2.14. The van der Waals surface area contributed by atoms with E-state index in [0.29, 0.717) is 16.5 Å². The molecule has 0 aliphatic heterocycles. The van der Waals surface area contributed by atoms with Gasteiger partial charge in [-0.3, -0.25) is 10.1 Å². The van der Waals surface area contributed by atoms with Crippen LogP contribution < -0.4 is 10.5 Å². The number of nitrogens with two attached hydrogens (primary N) is 1. The maximum Gasteiger partial charge on any atom is 0.277 e. The van der Waals surface area contributed by atoms with Gasteiger partial charge in [0.1, 0.15) is 11.6 Å². The zero-order valence-electron chi connectivity index (χ0n) is 10.5. The minimum atomic E-state index is -0.428. The van der Waals surface area contributed by atoms with Crippen LogP contribution in [0.15, 0.2) is 41.6 Å². The van der Waals surface area contributed by atoms with Crippen LogP contribution in [0.4, 0.5) is 5.69 Å². The van der Waals surface area contributed by atoms with Crippen LogP contribution in [0.5, 0.6) is 5.75 Å². The highest BCUT2D eigenvalue weighted by molar-refractivity contribution is 5.95. The lowest BCUT2D eigenvalue weighted by Gasteiger charge is -2.09. The van der Waals surface area contributed by atoms with E-state index in [4.69, 9.17) is 15.7 Å². The number of nitrogens with zero attached hydrogens (tertiary/aromatic N) is 2. The predicted molar refractivity (Wildman–Crippen MR) is 74.1 cm³/mol. The summed E-state index contributed by atoms with van der Waals surface area (Å²) < 4.78 is 5.53. The van der Waals surface area contributed by atoms with Gasteiger partial charge in [-0.05, 0) is 12.1 Å². The molecule has 0 heterocycles. The molecule has 0 bridgehead atoms. The molecule has 0 spiro atoms. The average Bonchev–Trinajstić information content (AvgIpc) is 2.46. The van der Waals surface area contributed by atoms with Crippen LogP contribution in [-0.2, 0) is 0 Å². The van der Waals surface area contributed by atoms with E-state index in [1.165, 1.54) is 6.07 Å². The third kappa shape index (κ3) is 2.77. The summed E-state index contributed by atoms with van der Waals surface area (Å²) in [5.74, 6) is 0.591. The summed E-state index contributed by atoms with van der Waals surface area (Å²) in [5, 5.41) is 23.4. The first-order valence-corrected chi connectivity index (χ1v) is 5.89. The molecule has 104 valence electrons. The third-order valence-corrected chi connectivity index (χ3v) is 2.80. The number of fused-ring (bicyclic) bond motifs is 1. The van der Waals surface area contributed by atoms with Gasteiger partial charge in [0.25, 0.3) is 5.69 Å². The lowest BCUT2D eigenvalue weighted by Crippen LogP contribution is -2.15. The molecule has 7 heteroatoms. The van der Waals surface area contributed by atoms with Gasteiger partial charge in [-0.15, -0.1) is 0 Å². The molecule has 2 aromatic rings. The summed E-state index contributed by atoms with van der Waals surface area (Å²) in [7, 11) is 0. The largest absolute Gasteiger partial charge is 0.492 e. The number of oxime groups is 1. The van der Waals surface area contributed by atoms with E-state index < -0.39 is 4.92 Å². The smallest absolute Gasteiger partial charge is 0.277 e. The molecule has 0 fully saturated rings. The zero-order chi connectivity index (χ0) is 14.5. The molecule has 0 saturated heterocycles. The SMILES string of the molecule is NC(CCOc1ccc([N+](=O)[O-])c2ccccc12)=NO. The Morgan fingerprint density at radius 2 is 2.00 bits per heavy atom. The Kier molecular flexibility index (Phi) is 3.99. The van der Waals surface area contributed by atoms with Crippen molar-refractivity contribution >= 4 is 22.3 Å². The average molecular weight is 275 g/mol. The maximum absolute atomic E-state index is 11.0. The normalized spacial score (nSPS) is 11.5. The number of nitro groups is 1. The van der Waals surface area contributed by atoms with Crippen LogP contribution in [0.1, 0.15) is 6.42 Å². The van der Waals surface area contributed by atoms with Gasteiger partial charge in [0.2, 0.25) is 0 Å². The molecule has 0 amide bonds. The van der Waals surface area contributed by atoms with Crippen molar-refractivity contribution < 1.29 is 14.9 Å². The summed E-state index contributed by atoms with van der Waals surface area (Å²) >= 11 is 0. The fourth-order valence-electron chi connectivity index (χ4n) is 1.86. The van der Waals surface area contributed by atoms with E-state index in [2.05, 4.69) is 5.16 Å². The van der Waals surface area contributed by atoms with Gasteiger partial charge in [-0.2, -0.15) is 0 Å². The van der Waals surface area contributed by atoms with E-state index in [1.54, 1.807) is 30.3 Å². The number of benzene rings is 2. The summed E-state index contributed by atoms with van der Waals surface area (Å²) in [5.41, 5.74) is 5.38. The number of hydrogen-bond donors (Lipinski definition) is 2. The first-order chi connectivity index (χ1) is 9.63. The van der Waals surface area contributed by atoms with E-state index in [1.807, 2.05) is 0 Å². The van der Waals surface area contributed by atoms with Crippen LogP contribution >= 0.6 is 0 Å². The molecule has 0 aromatic heterocycles. The first-order valence-electron chi connectivity index (χ1n) is 5.89. The third-order valence-electron chi connectivity index (χ3n) is 2.80. The Labute approximate surface area is 114 Å². The van der Waals surface area contributed by atoms with Gasteiger partial charge < -0.3 is 15.7 Å². The van der Waals surface area contributed by atoms with Crippen LogP contribution in [0.2, 0.25) is 0 Å². The van der Waals surface area contributed by atoms with Gasteiger partial charge in [-0.1, -0.05) is 23.4 Å². The molecule has 2 rings (SSSR count). The van der Waals surface area contributed by atoms with Crippen molar-refractivity contribution in [1.29, 1.82) is 0 Å². The highest BCUT2D eigenvalue weighted by atomic mass is 16.6. The molecule has 7 nitrogen and oxygen atoms in total. The Hall–Kier alpha value is -2.83. The Morgan fingerprint density at radius 1 is 1.30 bits per heavy atom. The Balaban J connectivity index is 2.31. The van der Waals surface area contributed by atoms with E-state index in [-0.39, 0.29) is 24.6 Å².